The smallest absolute Gasteiger partial charge is 0.329 e. The quantitative estimate of drug-likeness (QED) is 0.0202. The van der Waals surface area contributed by atoms with Gasteiger partial charge in [0.05, 0.1) is 37.6 Å². The predicted molar refractivity (Wildman–Crippen MR) is 339 cm³/mol. The fourth-order valence-electron chi connectivity index (χ4n) is 10.4. The van der Waals surface area contributed by atoms with Crippen LogP contribution >= 0.6 is 0 Å². The van der Waals surface area contributed by atoms with Gasteiger partial charge in [0.1, 0.15) is 84.3 Å². The Bertz CT molecular complexity index is 2850. The molecule has 2 aliphatic rings. The summed E-state index contributed by atoms with van der Waals surface area (Å²) in [6.45, 7) is 5.52. The van der Waals surface area contributed by atoms with Crippen molar-refractivity contribution in [2.75, 3.05) is 20.2 Å². The third kappa shape index (κ3) is 26.7. The van der Waals surface area contributed by atoms with E-state index in [-0.39, 0.29) is 17.7 Å². The Kier molecular flexibility index (Phi) is 35.4. The van der Waals surface area contributed by atoms with Gasteiger partial charge < -0.3 is 119 Å². The van der Waals surface area contributed by atoms with Crippen molar-refractivity contribution in [1.82, 2.24) is 47.4 Å². The van der Waals surface area contributed by atoms with E-state index >= 15 is 0 Å². The van der Waals surface area contributed by atoms with Crippen LogP contribution in [0.4, 0.5) is 0 Å². The van der Waals surface area contributed by atoms with Crippen LogP contribution in [-0.4, -0.2) is 252 Å². The van der Waals surface area contributed by atoms with E-state index < -0.39 is 232 Å². The second kappa shape index (κ2) is 41.3. The van der Waals surface area contributed by atoms with E-state index in [1.165, 1.54) is 31.2 Å². The number of hydrogen-bond donors (Lipinski definition) is 19. The number of allylic oxidation sites excluding steroid dienone is 1. The maximum atomic E-state index is 14.8. The molecule has 0 aliphatic carbocycles. The molecule has 2 heterocycles. The van der Waals surface area contributed by atoms with Gasteiger partial charge in [-0.05, 0) is 71.6 Å². The monoisotopic (exact) mass is 1380 g/mol. The molecule has 35 nitrogen and oxygen atoms in total. The Morgan fingerprint density at radius 1 is 0.732 bits per heavy atom. The van der Waals surface area contributed by atoms with Gasteiger partial charge in [0.25, 0.3) is 11.8 Å². The van der Waals surface area contributed by atoms with Crippen molar-refractivity contribution in [3.05, 3.63) is 41.6 Å². The number of benzene rings is 1. The van der Waals surface area contributed by atoms with Crippen LogP contribution < -0.4 is 54.0 Å². The summed E-state index contributed by atoms with van der Waals surface area (Å²) in [6.07, 6.45) is -14.6. The number of primary amides is 2. The van der Waals surface area contributed by atoms with E-state index in [1.807, 2.05) is 0 Å². The first kappa shape index (κ1) is 83.2. The van der Waals surface area contributed by atoms with Crippen LogP contribution in [0.25, 0.3) is 0 Å². The van der Waals surface area contributed by atoms with Crippen molar-refractivity contribution < 1.29 is 118 Å². The molecule has 1 aromatic carbocycles. The second-order valence-corrected chi connectivity index (χ2v) is 24.1. The zero-order valence-electron chi connectivity index (χ0n) is 55.6. The lowest BCUT2D eigenvalue weighted by molar-refractivity contribution is -0.312. The van der Waals surface area contributed by atoms with Crippen LogP contribution in [0.1, 0.15) is 137 Å². The van der Waals surface area contributed by atoms with Crippen molar-refractivity contribution in [2.24, 2.45) is 11.5 Å². The zero-order valence-corrected chi connectivity index (χ0v) is 55.6. The van der Waals surface area contributed by atoms with Gasteiger partial charge in [-0.1, -0.05) is 82.9 Å². The number of hydrogen-bond acceptors (Lipinski definition) is 24. The van der Waals surface area contributed by atoms with Crippen molar-refractivity contribution in [3.8, 4) is 5.75 Å². The predicted octanol–water partition coefficient (Wildman–Crippen LogP) is -6.11. The molecule has 546 valence electrons. The average molecular weight is 1380 g/mol. The minimum absolute atomic E-state index is 0.0402. The fourth-order valence-corrected chi connectivity index (χ4v) is 10.4. The molecule has 0 aromatic heterocycles. The number of amides is 11. The minimum atomic E-state index is -2.30. The van der Waals surface area contributed by atoms with Gasteiger partial charge in [-0.15, -0.1) is 0 Å². The number of cyclic esters (lactones) is 1. The Balaban J connectivity index is 2.26. The van der Waals surface area contributed by atoms with Crippen molar-refractivity contribution in [1.29, 1.82) is 0 Å². The highest BCUT2D eigenvalue weighted by molar-refractivity contribution is 6.02. The van der Waals surface area contributed by atoms with E-state index in [9.17, 15) is 103 Å². The summed E-state index contributed by atoms with van der Waals surface area (Å²) < 4.78 is 17.0. The molecule has 0 saturated carbocycles. The lowest BCUT2D eigenvalue weighted by atomic mass is 9.99. The summed E-state index contributed by atoms with van der Waals surface area (Å²) in [5.41, 5.74) is 10.5. The van der Waals surface area contributed by atoms with E-state index in [0.717, 1.165) is 85.8 Å². The number of carbonyl (C=O) groups excluding carboxylic acids is 12. The molecule has 1 aromatic rings. The molecule has 3 rings (SSSR count). The first-order valence-electron chi connectivity index (χ1n) is 32.2. The molecule has 0 spiro atoms. The van der Waals surface area contributed by atoms with Crippen LogP contribution in [0.15, 0.2) is 36.0 Å². The molecule has 0 radical (unpaired) electrons. The Hall–Kier alpha value is -8.00. The zero-order chi connectivity index (χ0) is 73.0. The number of ether oxygens (including phenoxy) is 3. The molecule has 2 saturated heterocycles. The number of nitrogens with one attached hydrogen (secondary N) is 8. The molecule has 18 atom stereocenters. The number of phenolic OH excluding ortho intramolecular Hbond substituents is 1. The molecule has 2 aliphatic heterocycles. The molecule has 97 heavy (non-hydrogen) atoms. The second-order valence-electron chi connectivity index (χ2n) is 24.1. The minimum Gasteiger partial charge on any atom is -0.508 e. The van der Waals surface area contributed by atoms with Crippen LogP contribution in [0.2, 0.25) is 0 Å². The van der Waals surface area contributed by atoms with Crippen molar-refractivity contribution >= 4 is 70.9 Å². The van der Waals surface area contributed by atoms with E-state index in [4.69, 9.17) is 25.7 Å². The summed E-state index contributed by atoms with van der Waals surface area (Å²) in [7, 11) is 0.982. The molecular formula is C62H99N11O24. The number of rotatable bonds is 29. The molecule has 0 bridgehead atoms. The topological polar surface area (TPSA) is 566 Å². The maximum absolute atomic E-state index is 14.8. The van der Waals surface area contributed by atoms with E-state index in [1.54, 1.807) is 0 Å². The lowest BCUT2D eigenvalue weighted by Gasteiger charge is -2.42. The highest BCUT2D eigenvalue weighted by atomic mass is 16.7. The van der Waals surface area contributed by atoms with E-state index in [0.29, 0.717) is 17.7 Å². The van der Waals surface area contributed by atoms with Crippen LogP contribution in [0, 0.1) is 0 Å². The molecule has 11 amide bonds. The Morgan fingerprint density at radius 2 is 1.31 bits per heavy atom. The first-order chi connectivity index (χ1) is 45.7. The highest BCUT2D eigenvalue weighted by Gasteiger charge is 2.47. The third-order valence-corrected chi connectivity index (χ3v) is 16.2. The normalized spacial score (nSPS) is 27.1. The van der Waals surface area contributed by atoms with Crippen LogP contribution in [0.5, 0.6) is 5.75 Å². The number of esters is 1. The number of aromatic hydroxyl groups is 1. The van der Waals surface area contributed by atoms with Gasteiger partial charge in [-0.3, -0.25) is 52.7 Å². The molecular weight excluding hydrogens is 1280 g/mol. The van der Waals surface area contributed by atoms with Crippen LogP contribution in [0.3, 0.4) is 0 Å². The number of nitrogens with two attached hydrogens (primary N) is 2. The Morgan fingerprint density at radius 3 is 1.87 bits per heavy atom. The molecule has 2 fully saturated rings. The number of aliphatic hydroxyl groups excluding tert-OH is 8. The Labute approximate surface area is 560 Å². The number of unbranched alkanes of at least 4 members (excludes halogenated alkanes) is 8. The van der Waals surface area contributed by atoms with Gasteiger partial charge in [0.2, 0.25) is 53.2 Å². The summed E-state index contributed by atoms with van der Waals surface area (Å²) in [4.78, 5) is 168. The van der Waals surface area contributed by atoms with Crippen LogP contribution in [-0.2, 0) is 78.2 Å². The van der Waals surface area contributed by atoms with Gasteiger partial charge in [-0.2, -0.15) is 0 Å². The molecule has 35 heteroatoms. The number of carbonyl (C=O) groups is 12. The third-order valence-electron chi connectivity index (χ3n) is 16.2. The number of phenols is 1. The summed E-state index contributed by atoms with van der Waals surface area (Å²) in [5.74, 6) is -15.4. The molecule has 21 N–H and O–H groups in total. The number of nitrogens with zero attached hydrogens (tertiary/aromatic N) is 1. The standard InChI is InChI=1S/C62H99N11O24/c1-8-10-11-12-13-14-15-16-17-18-40(78)49(82)60(93)71-46(31(4)76)57(90)72-47-32(5)95-61(94)38(24-26-43(64)80)68-59(92)48(33(6)96-62-52(85)51(84)50(83)41(29-74)97-62)73(7)44(81)28-65-53(86)37(23-25-42(63)79)67-54(87)36(9-2)66-55(88)39(27-34-19-21-35(77)22-20-34)69-56(89)45(30(3)75)70-58(47)91/h9,19-22,30-33,37-41,45-52,62,74-78,82-85H,8,10-18,23-29H2,1-7H3,(H2,63,79)(H2,64,80)(H,65,86)(H,66,88)(H,67,87)(H,68,92)(H,69,89)(H,70,91)(H,71,93)(H,72,90)/b36-9-/t30?,31?,32?,33?,37?,38?,39-,40?,41-,45?,46?,47?,48?,49?,50-,51+,52+,62?/m1/s1. The van der Waals surface area contributed by atoms with Gasteiger partial charge in [0.15, 0.2) is 12.4 Å². The maximum Gasteiger partial charge on any atom is 0.329 e. The number of likely N-dealkylation sites (N-methyl/N-ethyl adjacent to an activating group) is 1. The van der Waals surface area contributed by atoms with Crippen molar-refractivity contribution in [3.63, 3.8) is 0 Å². The SMILES string of the molecule is C/C=C1\NC(=O)[C@@H](Cc2ccc(O)cc2)NC(=O)C(C(C)O)NC(=O)C(NC(=O)C(NC(=O)C(O)C(O)CCCCCCCCCCC)C(C)O)C(C)OC(=O)C(CCC(N)=O)NC(=O)C(C(C)OC2O[C@H](CO)[C@@H](O)[C@H](O)[C@@H]2O)N(C)C(=O)CNC(=O)C(CCC(N)=O)NC1=O. The van der Waals surface area contributed by atoms with Gasteiger partial charge in [-0.25, -0.2) is 4.79 Å². The van der Waals surface area contributed by atoms with Crippen molar-refractivity contribution in [2.45, 2.75) is 247 Å². The van der Waals surface area contributed by atoms with E-state index in [2.05, 4.69) is 49.5 Å². The largest absolute Gasteiger partial charge is 0.508 e. The lowest BCUT2D eigenvalue weighted by Crippen LogP contribution is -2.64. The summed E-state index contributed by atoms with van der Waals surface area (Å²) in [5, 5.41) is 114. The highest BCUT2D eigenvalue weighted by Crippen LogP contribution is 2.25. The summed E-state index contributed by atoms with van der Waals surface area (Å²) in [6, 6.07) is -8.97. The molecule has 13 unspecified atom stereocenters. The van der Waals surface area contributed by atoms with Gasteiger partial charge >= 0.3 is 5.97 Å². The fraction of sp³-hybridized carbons (Fsp3) is 0.677. The first-order valence-corrected chi connectivity index (χ1v) is 32.2. The number of aliphatic hydroxyl groups is 8. The average Bonchev–Trinajstić information content (AvgIpc) is 1.25. The van der Waals surface area contributed by atoms with Gasteiger partial charge in [0, 0.05) is 26.3 Å². The summed E-state index contributed by atoms with van der Waals surface area (Å²) >= 11 is 0.